The first-order chi connectivity index (χ1) is 13.8. The monoisotopic (exact) mass is 421 g/mol. The number of sulfonamides is 1. The average Bonchev–Trinajstić information content (AvgIpc) is 2.69. The van der Waals surface area contributed by atoms with E-state index in [0.29, 0.717) is 50.4 Å². The lowest BCUT2D eigenvalue weighted by atomic mass is 9.93. The fourth-order valence-corrected chi connectivity index (χ4v) is 5.17. The van der Waals surface area contributed by atoms with Crippen molar-refractivity contribution in [3.05, 3.63) is 28.7 Å². The van der Waals surface area contributed by atoms with Crippen molar-refractivity contribution in [1.29, 1.82) is 0 Å². The normalized spacial score (nSPS) is 24.6. The number of rotatable bonds is 4. The predicted octanol–water partition coefficient (Wildman–Crippen LogP) is 1.10. The van der Waals surface area contributed by atoms with Crippen molar-refractivity contribution >= 4 is 27.0 Å². The molecule has 0 spiro atoms. The van der Waals surface area contributed by atoms with E-state index in [0.717, 1.165) is 18.2 Å². The Kier molecular flexibility index (Phi) is 5.58. The standard InChI is InChI=1S/C19H27N5O4S/c1-29(27,28)23-10-8-14(9-11-23)21-19-20-12-13-2-7-17(26)24(18(13)22-19)15-3-5-16(25)6-4-15/h2,7,12,14-16,25H,3-6,8-11H2,1H3,(H,20,21,22). The van der Waals surface area contributed by atoms with Gasteiger partial charge in [-0.05, 0) is 44.6 Å². The van der Waals surface area contributed by atoms with Crippen LogP contribution in [0.3, 0.4) is 0 Å². The predicted molar refractivity (Wildman–Crippen MR) is 110 cm³/mol. The van der Waals surface area contributed by atoms with Crippen LogP contribution in [0.2, 0.25) is 0 Å². The number of nitrogens with one attached hydrogen (secondary N) is 1. The van der Waals surface area contributed by atoms with Crippen molar-refractivity contribution in [2.24, 2.45) is 0 Å². The molecule has 0 aromatic carbocycles. The van der Waals surface area contributed by atoms with Crippen LogP contribution in [0.1, 0.15) is 44.6 Å². The Bertz CT molecular complexity index is 1040. The molecule has 4 rings (SSSR count). The van der Waals surface area contributed by atoms with Crippen molar-refractivity contribution in [1.82, 2.24) is 18.8 Å². The molecule has 0 bridgehead atoms. The minimum Gasteiger partial charge on any atom is -0.393 e. The van der Waals surface area contributed by atoms with Crippen LogP contribution in [0.5, 0.6) is 0 Å². The Morgan fingerprint density at radius 2 is 1.79 bits per heavy atom. The summed E-state index contributed by atoms with van der Waals surface area (Å²) in [5.74, 6) is 0.450. The molecule has 0 amide bonds. The number of piperidine rings is 1. The maximum absolute atomic E-state index is 12.6. The summed E-state index contributed by atoms with van der Waals surface area (Å²) < 4.78 is 26.6. The average molecular weight is 422 g/mol. The molecule has 29 heavy (non-hydrogen) atoms. The van der Waals surface area contributed by atoms with Crippen molar-refractivity contribution in [2.45, 2.75) is 56.7 Å². The molecule has 2 fully saturated rings. The van der Waals surface area contributed by atoms with Crippen LogP contribution in [0.25, 0.3) is 11.0 Å². The van der Waals surface area contributed by atoms with Gasteiger partial charge in [0.05, 0.1) is 12.4 Å². The Morgan fingerprint density at radius 1 is 1.10 bits per heavy atom. The van der Waals surface area contributed by atoms with Crippen LogP contribution in [-0.4, -0.2) is 63.9 Å². The lowest BCUT2D eigenvalue weighted by molar-refractivity contribution is 0.111. The van der Waals surface area contributed by atoms with E-state index in [1.54, 1.807) is 22.9 Å². The molecule has 1 saturated carbocycles. The first-order valence-electron chi connectivity index (χ1n) is 10.1. The first kappa shape index (κ1) is 20.2. The van der Waals surface area contributed by atoms with Gasteiger partial charge in [0, 0.05) is 42.8 Å². The molecule has 0 unspecified atom stereocenters. The van der Waals surface area contributed by atoms with E-state index in [1.165, 1.54) is 10.6 Å². The van der Waals surface area contributed by atoms with Crippen LogP contribution < -0.4 is 10.9 Å². The molecule has 1 aliphatic heterocycles. The van der Waals surface area contributed by atoms with Gasteiger partial charge in [-0.25, -0.2) is 17.7 Å². The number of aliphatic hydroxyl groups excluding tert-OH is 1. The fraction of sp³-hybridized carbons (Fsp3) is 0.632. The van der Waals surface area contributed by atoms with E-state index in [1.807, 2.05) is 0 Å². The fourth-order valence-electron chi connectivity index (χ4n) is 4.29. The maximum atomic E-state index is 12.6. The zero-order chi connectivity index (χ0) is 20.6. The highest BCUT2D eigenvalue weighted by Crippen LogP contribution is 2.29. The third-order valence-electron chi connectivity index (χ3n) is 5.95. The highest BCUT2D eigenvalue weighted by atomic mass is 32.2. The van der Waals surface area contributed by atoms with Crippen molar-refractivity contribution in [3.8, 4) is 0 Å². The molecular formula is C19H27N5O4S. The number of hydrogen-bond donors (Lipinski definition) is 2. The van der Waals surface area contributed by atoms with Gasteiger partial charge in [0.15, 0.2) is 0 Å². The van der Waals surface area contributed by atoms with E-state index in [2.05, 4.69) is 15.3 Å². The number of nitrogens with zero attached hydrogens (tertiary/aromatic N) is 4. The van der Waals surface area contributed by atoms with E-state index in [9.17, 15) is 18.3 Å². The molecule has 9 nitrogen and oxygen atoms in total. The van der Waals surface area contributed by atoms with E-state index in [-0.39, 0.29) is 23.7 Å². The van der Waals surface area contributed by atoms with Gasteiger partial charge in [0.1, 0.15) is 5.65 Å². The number of fused-ring (bicyclic) bond motifs is 1. The molecule has 0 radical (unpaired) electrons. The summed E-state index contributed by atoms with van der Waals surface area (Å²) >= 11 is 0. The van der Waals surface area contributed by atoms with Crippen molar-refractivity contribution in [3.63, 3.8) is 0 Å². The number of hydrogen-bond acceptors (Lipinski definition) is 7. The Balaban J connectivity index is 1.56. The summed E-state index contributed by atoms with van der Waals surface area (Å²) in [6.45, 7) is 0.943. The molecule has 2 aromatic rings. The molecule has 2 aromatic heterocycles. The second-order valence-electron chi connectivity index (χ2n) is 8.06. The van der Waals surface area contributed by atoms with Gasteiger partial charge in [-0.1, -0.05) is 0 Å². The second kappa shape index (κ2) is 8.00. The number of anilines is 1. The highest BCUT2D eigenvalue weighted by molar-refractivity contribution is 7.88. The molecule has 2 N–H and O–H groups in total. The molecule has 1 aliphatic carbocycles. The van der Waals surface area contributed by atoms with Crippen LogP contribution in [0.15, 0.2) is 23.1 Å². The van der Waals surface area contributed by atoms with Gasteiger partial charge >= 0.3 is 0 Å². The van der Waals surface area contributed by atoms with Crippen LogP contribution in [0, 0.1) is 0 Å². The molecular weight excluding hydrogens is 394 g/mol. The zero-order valence-electron chi connectivity index (χ0n) is 16.5. The van der Waals surface area contributed by atoms with Gasteiger partial charge in [-0.15, -0.1) is 0 Å². The molecule has 1 saturated heterocycles. The molecule has 0 atom stereocenters. The molecule has 158 valence electrons. The van der Waals surface area contributed by atoms with Crippen LogP contribution in [-0.2, 0) is 10.0 Å². The van der Waals surface area contributed by atoms with Crippen LogP contribution >= 0.6 is 0 Å². The quantitative estimate of drug-likeness (QED) is 0.759. The van der Waals surface area contributed by atoms with Gasteiger partial charge in [-0.3, -0.25) is 9.36 Å². The highest BCUT2D eigenvalue weighted by Gasteiger charge is 2.26. The minimum absolute atomic E-state index is 0.0235. The maximum Gasteiger partial charge on any atom is 0.252 e. The van der Waals surface area contributed by atoms with Crippen molar-refractivity contribution in [2.75, 3.05) is 24.7 Å². The van der Waals surface area contributed by atoms with Crippen molar-refractivity contribution < 1.29 is 13.5 Å². The Labute approximate surface area is 169 Å². The number of pyridine rings is 1. The van der Waals surface area contributed by atoms with Gasteiger partial charge in [-0.2, -0.15) is 4.98 Å². The van der Waals surface area contributed by atoms with Gasteiger partial charge in [0.2, 0.25) is 16.0 Å². The van der Waals surface area contributed by atoms with E-state index >= 15 is 0 Å². The zero-order valence-corrected chi connectivity index (χ0v) is 17.3. The third kappa shape index (κ3) is 4.44. The topological polar surface area (TPSA) is 117 Å². The smallest absolute Gasteiger partial charge is 0.252 e. The Hall–Kier alpha value is -2.04. The minimum atomic E-state index is -3.16. The lowest BCUT2D eigenvalue weighted by Gasteiger charge is -2.30. The molecule has 10 heteroatoms. The largest absolute Gasteiger partial charge is 0.393 e. The number of aliphatic hydroxyl groups is 1. The Morgan fingerprint density at radius 3 is 2.45 bits per heavy atom. The first-order valence-corrected chi connectivity index (χ1v) is 11.9. The summed E-state index contributed by atoms with van der Waals surface area (Å²) in [5.41, 5.74) is 0.509. The second-order valence-corrected chi connectivity index (χ2v) is 10.0. The summed E-state index contributed by atoms with van der Waals surface area (Å²) in [7, 11) is -3.16. The van der Waals surface area contributed by atoms with Gasteiger partial charge < -0.3 is 10.4 Å². The van der Waals surface area contributed by atoms with Crippen LogP contribution in [0.4, 0.5) is 5.95 Å². The molecule has 2 aliphatic rings. The SMILES string of the molecule is CS(=O)(=O)N1CCC(Nc2ncc3ccc(=O)n(C4CCC(O)CC4)c3n2)CC1. The summed E-state index contributed by atoms with van der Waals surface area (Å²) in [6.07, 6.45) is 6.87. The van der Waals surface area contributed by atoms with E-state index < -0.39 is 10.0 Å². The summed E-state index contributed by atoms with van der Waals surface area (Å²) in [4.78, 5) is 21.6. The summed E-state index contributed by atoms with van der Waals surface area (Å²) in [5, 5.41) is 13.9. The van der Waals surface area contributed by atoms with Gasteiger partial charge in [0.25, 0.3) is 5.56 Å². The number of aromatic nitrogens is 3. The lowest BCUT2D eigenvalue weighted by Crippen LogP contribution is -2.42. The summed E-state index contributed by atoms with van der Waals surface area (Å²) in [6, 6.07) is 3.39. The third-order valence-corrected chi connectivity index (χ3v) is 7.26. The van der Waals surface area contributed by atoms with E-state index in [4.69, 9.17) is 0 Å². The molecule has 3 heterocycles.